The van der Waals surface area contributed by atoms with Crippen LogP contribution in [0, 0.1) is 3.57 Å². The van der Waals surface area contributed by atoms with Crippen molar-refractivity contribution >= 4 is 40.4 Å². The van der Waals surface area contributed by atoms with Crippen molar-refractivity contribution in [1.82, 2.24) is 4.90 Å². The molecule has 5 nitrogen and oxygen atoms in total. The number of aliphatic carboxylic acids is 1. The lowest BCUT2D eigenvalue weighted by molar-refractivity contribution is -0.137. The number of halogens is 1. The van der Waals surface area contributed by atoms with Crippen molar-refractivity contribution in [3.63, 3.8) is 0 Å². The van der Waals surface area contributed by atoms with Gasteiger partial charge in [0.15, 0.2) is 0 Å². The molecule has 20 heavy (non-hydrogen) atoms. The molecule has 6 heteroatoms. The molecule has 1 aromatic carbocycles. The lowest BCUT2D eigenvalue weighted by Crippen LogP contribution is -2.30. The Morgan fingerprint density at radius 3 is 2.55 bits per heavy atom. The first-order valence-electron chi connectivity index (χ1n) is 6.39. The third kappa shape index (κ3) is 3.00. The first kappa shape index (κ1) is 15.0. The standard InChI is InChI=1S/C14H14INO4/c15-10-6-4-5-9-12(10)14(20)16(13(9)19)8-3-1-2-7-11(17)18/h4-6H,1-3,7-8H2,(H,17,18). The first-order chi connectivity index (χ1) is 9.52. The fourth-order valence-corrected chi connectivity index (χ4v) is 2.95. The number of carbonyl (C=O) groups excluding carboxylic acids is 2. The molecule has 0 saturated carbocycles. The van der Waals surface area contributed by atoms with E-state index >= 15 is 0 Å². The van der Waals surface area contributed by atoms with Crippen LogP contribution in [0.15, 0.2) is 18.2 Å². The number of hydrogen-bond donors (Lipinski definition) is 1. The quantitative estimate of drug-likeness (QED) is 0.463. The Morgan fingerprint density at radius 1 is 1.15 bits per heavy atom. The molecular formula is C14H14INO4. The summed E-state index contributed by atoms with van der Waals surface area (Å²) in [4.78, 5) is 36.0. The van der Waals surface area contributed by atoms with Crippen LogP contribution in [0.4, 0.5) is 0 Å². The molecule has 0 aromatic heterocycles. The molecule has 0 unspecified atom stereocenters. The number of carbonyl (C=O) groups is 3. The molecule has 0 radical (unpaired) electrons. The number of amides is 2. The molecular weight excluding hydrogens is 373 g/mol. The van der Waals surface area contributed by atoms with Crippen LogP contribution >= 0.6 is 22.6 Å². The SMILES string of the molecule is O=C(O)CCCCCN1C(=O)c2cccc(I)c2C1=O. The Kier molecular flexibility index (Phi) is 4.74. The van der Waals surface area contributed by atoms with Crippen molar-refractivity contribution in [2.45, 2.75) is 25.7 Å². The number of carboxylic acids is 1. The molecule has 0 saturated heterocycles. The zero-order valence-corrected chi connectivity index (χ0v) is 12.9. The maximum absolute atomic E-state index is 12.2. The maximum atomic E-state index is 12.2. The van der Waals surface area contributed by atoms with Gasteiger partial charge < -0.3 is 5.11 Å². The highest BCUT2D eigenvalue weighted by Gasteiger charge is 2.36. The van der Waals surface area contributed by atoms with Gasteiger partial charge in [0, 0.05) is 16.5 Å². The summed E-state index contributed by atoms with van der Waals surface area (Å²) in [6.07, 6.45) is 2.02. The predicted molar refractivity (Wildman–Crippen MR) is 80.6 cm³/mol. The smallest absolute Gasteiger partial charge is 0.303 e. The van der Waals surface area contributed by atoms with Gasteiger partial charge in [-0.3, -0.25) is 19.3 Å². The third-order valence-electron chi connectivity index (χ3n) is 3.22. The average Bonchev–Trinajstić information content (AvgIpc) is 2.64. The normalized spacial score (nSPS) is 13.8. The van der Waals surface area contributed by atoms with Gasteiger partial charge in [-0.15, -0.1) is 0 Å². The third-order valence-corrected chi connectivity index (χ3v) is 4.12. The summed E-state index contributed by atoms with van der Waals surface area (Å²) in [5.41, 5.74) is 0.955. The Labute approximate surface area is 130 Å². The zero-order valence-electron chi connectivity index (χ0n) is 10.8. The van der Waals surface area contributed by atoms with Crippen molar-refractivity contribution in [1.29, 1.82) is 0 Å². The van der Waals surface area contributed by atoms with E-state index in [1.807, 2.05) is 0 Å². The van der Waals surface area contributed by atoms with Crippen LogP contribution in [0.3, 0.4) is 0 Å². The highest BCUT2D eigenvalue weighted by Crippen LogP contribution is 2.27. The second kappa shape index (κ2) is 6.34. The minimum atomic E-state index is -0.819. The van der Waals surface area contributed by atoms with E-state index in [2.05, 4.69) is 22.6 Å². The van der Waals surface area contributed by atoms with Gasteiger partial charge in [-0.2, -0.15) is 0 Å². The fraction of sp³-hybridized carbons (Fsp3) is 0.357. The minimum Gasteiger partial charge on any atom is -0.481 e. The van der Waals surface area contributed by atoms with Crippen molar-refractivity contribution in [2.75, 3.05) is 6.54 Å². The van der Waals surface area contributed by atoms with Crippen molar-refractivity contribution in [2.24, 2.45) is 0 Å². The Morgan fingerprint density at radius 2 is 1.90 bits per heavy atom. The van der Waals surface area contributed by atoms with E-state index in [-0.39, 0.29) is 18.2 Å². The largest absolute Gasteiger partial charge is 0.481 e. The molecule has 0 fully saturated rings. The van der Waals surface area contributed by atoms with Gasteiger partial charge in [-0.1, -0.05) is 12.5 Å². The zero-order chi connectivity index (χ0) is 14.7. The molecule has 0 aliphatic carbocycles. The molecule has 1 heterocycles. The fourth-order valence-electron chi connectivity index (χ4n) is 2.22. The van der Waals surface area contributed by atoms with Crippen LogP contribution in [0.5, 0.6) is 0 Å². The Balaban J connectivity index is 1.95. The molecule has 1 aliphatic heterocycles. The van der Waals surface area contributed by atoms with Crippen LogP contribution in [0.1, 0.15) is 46.4 Å². The summed E-state index contributed by atoms with van der Waals surface area (Å²) < 4.78 is 0.784. The van der Waals surface area contributed by atoms with Crippen molar-refractivity contribution < 1.29 is 19.5 Å². The monoisotopic (exact) mass is 387 g/mol. The summed E-state index contributed by atoms with van der Waals surface area (Å²) in [6.45, 7) is 0.349. The number of rotatable bonds is 6. The van der Waals surface area contributed by atoms with E-state index in [0.717, 1.165) is 3.57 Å². The summed E-state index contributed by atoms with van der Waals surface area (Å²) in [5.74, 6) is -1.31. The molecule has 0 spiro atoms. The summed E-state index contributed by atoms with van der Waals surface area (Å²) in [6, 6.07) is 5.24. The van der Waals surface area contributed by atoms with E-state index in [9.17, 15) is 14.4 Å². The molecule has 2 amide bonds. The van der Waals surface area contributed by atoms with Crippen LogP contribution in [-0.2, 0) is 4.79 Å². The predicted octanol–water partition coefficient (Wildman–Crippen LogP) is 2.53. The van der Waals surface area contributed by atoms with Gasteiger partial charge in [0.1, 0.15) is 0 Å². The Bertz CT molecular complexity index is 570. The van der Waals surface area contributed by atoms with Gasteiger partial charge in [0.2, 0.25) is 0 Å². The highest BCUT2D eigenvalue weighted by atomic mass is 127. The van der Waals surface area contributed by atoms with Crippen LogP contribution in [-0.4, -0.2) is 34.3 Å². The molecule has 0 bridgehead atoms. The van der Waals surface area contributed by atoms with Gasteiger partial charge in [0.25, 0.3) is 11.8 Å². The number of unbranched alkanes of at least 4 members (excludes halogenated alkanes) is 2. The summed E-state index contributed by atoms with van der Waals surface area (Å²) in [5, 5.41) is 8.54. The molecule has 1 aliphatic rings. The van der Waals surface area contributed by atoms with Gasteiger partial charge in [0.05, 0.1) is 11.1 Å². The van der Waals surface area contributed by atoms with Crippen LogP contribution < -0.4 is 0 Å². The molecule has 1 N–H and O–H groups in total. The van der Waals surface area contributed by atoms with Crippen molar-refractivity contribution in [3.8, 4) is 0 Å². The number of nitrogens with zero attached hydrogens (tertiary/aromatic N) is 1. The number of benzene rings is 1. The highest BCUT2D eigenvalue weighted by molar-refractivity contribution is 14.1. The first-order valence-corrected chi connectivity index (χ1v) is 7.46. The van der Waals surface area contributed by atoms with Gasteiger partial charge in [-0.05, 0) is 47.6 Å². The Hall–Kier alpha value is -1.44. The van der Waals surface area contributed by atoms with Gasteiger partial charge >= 0.3 is 5.97 Å². The second-order valence-electron chi connectivity index (χ2n) is 4.63. The summed E-state index contributed by atoms with van der Waals surface area (Å²) >= 11 is 2.05. The van der Waals surface area contributed by atoms with Crippen LogP contribution in [0.25, 0.3) is 0 Å². The number of imide groups is 1. The van der Waals surface area contributed by atoms with E-state index in [1.165, 1.54) is 4.90 Å². The van der Waals surface area contributed by atoms with E-state index in [1.54, 1.807) is 18.2 Å². The van der Waals surface area contributed by atoms with Crippen LogP contribution in [0.2, 0.25) is 0 Å². The average molecular weight is 387 g/mol. The van der Waals surface area contributed by atoms with Gasteiger partial charge in [-0.25, -0.2) is 0 Å². The number of carboxylic acid groups (broad SMARTS) is 1. The molecule has 2 rings (SSSR count). The molecule has 1 aromatic rings. The molecule has 106 valence electrons. The lowest BCUT2D eigenvalue weighted by atomic mass is 10.1. The minimum absolute atomic E-state index is 0.125. The van der Waals surface area contributed by atoms with E-state index in [4.69, 9.17) is 5.11 Å². The summed E-state index contributed by atoms with van der Waals surface area (Å²) in [7, 11) is 0. The topological polar surface area (TPSA) is 74.7 Å². The molecule has 0 atom stereocenters. The van der Waals surface area contributed by atoms with Crippen molar-refractivity contribution in [3.05, 3.63) is 32.9 Å². The van der Waals surface area contributed by atoms with E-state index < -0.39 is 5.97 Å². The number of hydrogen-bond acceptors (Lipinski definition) is 3. The van der Waals surface area contributed by atoms with E-state index in [0.29, 0.717) is 36.9 Å². The second-order valence-corrected chi connectivity index (χ2v) is 5.79. The maximum Gasteiger partial charge on any atom is 0.303 e. The number of fused-ring (bicyclic) bond motifs is 1. The lowest BCUT2D eigenvalue weighted by Gasteiger charge is -2.13.